The van der Waals surface area contributed by atoms with Gasteiger partial charge in [-0.25, -0.2) is 9.97 Å². The molecule has 4 nitrogen and oxygen atoms in total. The molecule has 1 aromatic rings. The highest BCUT2D eigenvalue weighted by Crippen LogP contribution is 2.33. The van der Waals surface area contributed by atoms with Gasteiger partial charge in [0.05, 0.1) is 6.20 Å². The number of thioether (sulfide) groups is 1. The number of nitrogens with two attached hydrogens (primary N) is 1. The van der Waals surface area contributed by atoms with Crippen LogP contribution in [0.25, 0.3) is 0 Å². The highest BCUT2D eigenvalue weighted by molar-refractivity contribution is 7.99. The van der Waals surface area contributed by atoms with Crippen LogP contribution in [0.1, 0.15) is 31.2 Å². The Morgan fingerprint density at radius 3 is 2.80 bits per heavy atom. The number of nitrogens with zero attached hydrogens (tertiary/aromatic N) is 3. The maximum atomic E-state index is 8.68. The van der Waals surface area contributed by atoms with Gasteiger partial charge in [-0.15, -0.1) is 0 Å². The van der Waals surface area contributed by atoms with Crippen molar-refractivity contribution in [1.82, 2.24) is 9.97 Å². The van der Waals surface area contributed by atoms with E-state index in [2.05, 4.69) is 9.97 Å². The van der Waals surface area contributed by atoms with Crippen molar-refractivity contribution >= 4 is 17.6 Å². The predicted molar refractivity (Wildman–Crippen MR) is 59.3 cm³/mol. The zero-order valence-electron chi connectivity index (χ0n) is 8.31. The summed E-state index contributed by atoms with van der Waals surface area (Å²) in [5, 5.41) is 9.99. The zero-order chi connectivity index (χ0) is 10.7. The first-order valence-electron chi connectivity index (χ1n) is 4.99. The summed E-state index contributed by atoms with van der Waals surface area (Å²) in [5.74, 6) is 0.285. The van der Waals surface area contributed by atoms with Gasteiger partial charge in [0.15, 0.2) is 5.16 Å². The van der Waals surface area contributed by atoms with Gasteiger partial charge in [-0.1, -0.05) is 24.6 Å². The molecule has 5 heteroatoms. The molecule has 0 saturated heterocycles. The van der Waals surface area contributed by atoms with Crippen molar-refractivity contribution in [1.29, 1.82) is 5.26 Å². The van der Waals surface area contributed by atoms with E-state index in [9.17, 15) is 0 Å². The maximum Gasteiger partial charge on any atom is 0.189 e. The van der Waals surface area contributed by atoms with Crippen molar-refractivity contribution in [3.8, 4) is 6.07 Å². The Morgan fingerprint density at radius 2 is 2.20 bits per heavy atom. The first-order chi connectivity index (χ1) is 7.29. The van der Waals surface area contributed by atoms with E-state index in [0.29, 0.717) is 16.0 Å². The van der Waals surface area contributed by atoms with E-state index in [-0.39, 0.29) is 5.82 Å². The van der Waals surface area contributed by atoms with Crippen LogP contribution >= 0.6 is 11.8 Å². The third-order valence-corrected chi connectivity index (χ3v) is 3.70. The average Bonchev–Trinajstić information content (AvgIpc) is 2.71. The maximum absolute atomic E-state index is 8.68. The number of aromatic nitrogens is 2. The Balaban J connectivity index is 2.09. The summed E-state index contributed by atoms with van der Waals surface area (Å²) in [5.41, 5.74) is 5.97. The first-order valence-corrected chi connectivity index (χ1v) is 5.87. The molecule has 2 rings (SSSR count). The van der Waals surface area contributed by atoms with Gasteiger partial charge in [-0.05, 0) is 12.8 Å². The molecular weight excluding hydrogens is 208 g/mol. The van der Waals surface area contributed by atoms with E-state index in [4.69, 9.17) is 11.0 Å². The second-order valence-electron chi connectivity index (χ2n) is 3.59. The van der Waals surface area contributed by atoms with Crippen LogP contribution in [0.2, 0.25) is 0 Å². The molecule has 2 N–H and O–H groups in total. The summed E-state index contributed by atoms with van der Waals surface area (Å²) < 4.78 is 0. The lowest BCUT2D eigenvalue weighted by Crippen LogP contribution is -2.01. The Kier molecular flexibility index (Phi) is 3.07. The van der Waals surface area contributed by atoms with Gasteiger partial charge in [-0.2, -0.15) is 5.26 Å². The predicted octanol–water partition coefficient (Wildman–Crippen LogP) is 1.97. The molecule has 1 saturated carbocycles. The van der Waals surface area contributed by atoms with Crippen LogP contribution in [0, 0.1) is 11.3 Å². The second-order valence-corrected chi connectivity index (χ2v) is 4.86. The van der Waals surface area contributed by atoms with E-state index < -0.39 is 0 Å². The Hall–Kier alpha value is -1.28. The van der Waals surface area contributed by atoms with Gasteiger partial charge >= 0.3 is 0 Å². The third kappa shape index (κ3) is 2.39. The third-order valence-electron chi connectivity index (χ3n) is 2.49. The zero-order valence-corrected chi connectivity index (χ0v) is 9.13. The Bertz CT molecular complexity index is 393. The normalized spacial score (nSPS) is 16.5. The highest BCUT2D eigenvalue weighted by Gasteiger charge is 2.17. The molecule has 0 bridgehead atoms. The number of anilines is 1. The Morgan fingerprint density at radius 1 is 1.47 bits per heavy atom. The minimum atomic E-state index is 0.285. The minimum Gasteiger partial charge on any atom is -0.382 e. The number of nitriles is 1. The number of hydrogen-bond donors (Lipinski definition) is 1. The van der Waals surface area contributed by atoms with Crippen molar-refractivity contribution in [3.05, 3.63) is 11.8 Å². The molecule has 0 aliphatic heterocycles. The lowest BCUT2D eigenvalue weighted by molar-refractivity contribution is 0.885. The number of nitrogen functional groups attached to an aromatic ring is 1. The van der Waals surface area contributed by atoms with E-state index in [1.165, 1.54) is 31.9 Å². The smallest absolute Gasteiger partial charge is 0.189 e. The van der Waals surface area contributed by atoms with Gasteiger partial charge in [0.1, 0.15) is 17.5 Å². The van der Waals surface area contributed by atoms with Crippen LogP contribution in [0.15, 0.2) is 11.4 Å². The molecule has 1 aliphatic rings. The summed E-state index contributed by atoms with van der Waals surface area (Å²) in [6.07, 6.45) is 6.55. The molecular formula is C10H12N4S. The van der Waals surface area contributed by atoms with Crippen LogP contribution in [0.5, 0.6) is 0 Å². The average molecular weight is 220 g/mol. The summed E-state index contributed by atoms with van der Waals surface area (Å²) in [6.45, 7) is 0. The molecule has 15 heavy (non-hydrogen) atoms. The lowest BCUT2D eigenvalue weighted by Gasteiger charge is -2.07. The Labute approximate surface area is 92.9 Å². The van der Waals surface area contributed by atoms with Gasteiger partial charge < -0.3 is 5.73 Å². The fraction of sp³-hybridized carbons (Fsp3) is 0.500. The van der Waals surface area contributed by atoms with Crippen molar-refractivity contribution < 1.29 is 0 Å². The standard InChI is InChI=1S/C10H12N4S/c11-5-7-6-13-10(14-9(7)12)15-8-3-1-2-4-8/h6,8H,1-4H2,(H2,12,13,14). The van der Waals surface area contributed by atoms with Gasteiger partial charge in [0, 0.05) is 5.25 Å². The molecule has 1 aromatic heterocycles. The highest BCUT2D eigenvalue weighted by atomic mass is 32.2. The molecule has 78 valence electrons. The van der Waals surface area contributed by atoms with Crippen LogP contribution in [0.3, 0.4) is 0 Å². The minimum absolute atomic E-state index is 0.285. The molecule has 1 heterocycles. The van der Waals surface area contributed by atoms with E-state index in [1.807, 2.05) is 6.07 Å². The summed E-state index contributed by atoms with van der Waals surface area (Å²) >= 11 is 1.67. The van der Waals surface area contributed by atoms with E-state index >= 15 is 0 Å². The van der Waals surface area contributed by atoms with Gasteiger partial charge in [-0.3, -0.25) is 0 Å². The van der Waals surface area contributed by atoms with Gasteiger partial charge in [0.25, 0.3) is 0 Å². The molecule has 0 amide bonds. The summed E-state index contributed by atoms with van der Waals surface area (Å²) in [4.78, 5) is 8.24. The fourth-order valence-corrected chi connectivity index (χ4v) is 2.81. The van der Waals surface area contributed by atoms with Gasteiger partial charge in [0.2, 0.25) is 0 Å². The monoisotopic (exact) mass is 220 g/mol. The SMILES string of the molecule is N#Cc1cnc(SC2CCCC2)nc1N. The summed E-state index contributed by atoms with van der Waals surface area (Å²) in [7, 11) is 0. The van der Waals surface area contributed by atoms with Crippen LogP contribution in [0.4, 0.5) is 5.82 Å². The van der Waals surface area contributed by atoms with Crippen molar-refractivity contribution in [2.45, 2.75) is 36.1 Å². The fourth-order valence-electron chi connectivity index (χ4n) is 1.68. The van der Waals surface area contributed by atoms with Crippen molar-refractivity contribution in [2.75, 3.05) is 5.73 Å². The van der Waals surface area contributed by atoms with E-state index in [0.717, 1.165) is 0 Å². The van der Waals surface area contributed by atoms with Crippen LogP contribution in [-0.4, -0.2) is 15.2 Å². The quantitative estimate of drug-likeness (QED) is 0.771. The number of hydrogen-bond acceptors (Lipinski definition) is 5. The summed E-state index contributed by atoms with van der Waals surface area (Å²) in [6, 6.07) is 1.96. The molecule has 0 spiro atoms. The first kappa shape index (κ1) is 10.2. The molecule has 0 atom stereocenters. The van der Waals surface area contributed by atoms with E-state index in [1.54, 1.807) is 11.8 Å². The topological polar surface area (TPSA) is 75.6 Å². The molecule has 0 radical (unpaired) electrons. The van der Waals surface area contributed by atoms with Crippen LogP contribution in [-0.2, 0) is 0 Å². The molecule has 1 fully saturated rings. The largest absolute Gasteiger partial charge is 0.382 e. The number of rotatable bonds is 2. The van der Waals surface area contributed by atoms with Crippen molar-refractivity contribution in [2.24, 2.45) is 0 Å². The second kappa shape index (κ2) is 4.49. The molecule has 0 aromatic carbocycles. The lowest BCUT2D eigenvalue weighted by atomic mass is 10.3. The van der Waals surface area contributed by atoms with Crippen molar-refractivity contribution in [3.63, 3.8) is 0 Å². The molecule has 1 aliphatic carbocycles. The van der Waals surface area contributed by atoms with Crippen LogP contribution < -0.4 is 5.73 Å². The molecule has 0 unspecified atom stereocenters.